The van der Waals surface area contributed by atoms with Gasteiger partial charge in [-0.15, -0.1) is 0 Å². The van der Waals surface area contributed by atoms with Crippen molar-refractivity contribution in [1.82, 2.24) is 10.2 Å². The second-order valence-corrected chi connectivity index (χ2v) is 6.64. The number of thioether (sulfide) groups is 1. The molecule has 1 heterocycles. The molecule has 0 bridgehead atoms. The average Bonchev–Trinajstić information content (AvgIpc) is 2.40. The molecule has 0 spiro atoms. The average molecular weight is 270 g/mol. The lowest BCUT2D eigenvalue weighted by Crippen LogP contribution is -2.60. The normalized spacial score (nSPS) is 28.1. The van der Waals surface area contributed by atoms with Crippen LogP contribution in [0.3, 0.4) is 0 Å². The quantitative estimate of drug-likeness (QED) is 0.843. The fraction of sp³-hybridized carbons (Fsp3) is 0.846. The van der Waals surface area contributed by atoms with E-state index in [0.717, 1.165) is 19.4 Å². The molecule has 1 aliphatic heterocycles. The molecule has 1 unspecified atom stereocenters. The van der Waals surface area contributed by atoms with Crippen LogP contribution in [0.1, 0.15) is 39.0 Å². The summed E-state index contributed by atoms with van der Waals surface area (Å²) in [6.45, 7) is 2.71. The second-order valence-electron chi connectivity index (χ2n) is 5.36. The van der Waals surface area contributed by atoms with Crippen molar-refractivity contribution >= 4 is 23.6 Å². The van der Waals surface area contributed by atoms with Crippen molar-refractivity contribution in [2.45, 2.75) is 49.8 Å². The predicted molar refractivity (Wildman–Crippen MR) is 73.5 cm³/mol. The lowest BCUT2D eigenvalue weighted by Gasteiger charge is -2.43. The molecule has 2 amide bonds. The Morgan fingerprint density at radius 3 is 2.61 bits per heavy atom. The number of nitrogens with one attached hydrogen (secondary N) is 1. The van der Waals surface area contributed by atoms with Crippen LogP contribution in [0.2, 0.25) is 0 Å². The summed E-state index contributed by atoms with van der Waals surface area (Å²) in [4.78, 5) is 25.4. The number of nitrogens with zero attached hydrogens (tertiary/aromatic N) is 1. The zero-order valence-electron chi connectivity index (χ0n) is 11.2. The minimum Gasteiger partial charge on any atom is -0.345 e. The van der Waals surface area contributed by atoms with Gasteiger partial charge in [-0.25, -0.2) is 0 Å². The number of piperazine rings is 1. The fourth-order valence-corrected chi connectivity index (χ4v) is 3.89. The molecule has 0 radical (unpaired) electrons. The third-order valence-electron chi connectivity index (χ3n) is 4.24. The minimum absolute atomic E-state index is 0.0262. The Morgan fingerprint density at radius 2 is 2.00 bits per heavy atom. The van der Waals surface area contributed by atoms with Crippen LogP contribution in [0, 0.1) is 0 Å². The number of hydrogen-bond donors (Lipinski definition) is 1. The van der Waals surface area contributed by atoms with Gasteiger partial charge < -0.3 is 10.2 Å². The van der Waals surface area contributed by atoms with Crippen molar-refractivity contribution in [2.75, 3.05) is 19.3 Å². The van der Waals surface area contributed by atoms with Gasteiger partial charge in [-0.1, -0.05) is 19.3 Å². The first-order valence-corrected chi connectivity index (χ1v) is 7.93. The maximum atomic E-state index is 12.0. The molecular weight excluding hydrogens is 248 g/mol. The van der Waals surface area contributed by atoms with Crippen LogP contribution in [-0.4, -0.2) is 46.8 Å². The van der Waals surface area contributed by atoms with Gasteiger partial charge in [-0.2, -0.15) is 11.8 Å². The summed E-state index contributed by atoms with van der Waals surface area (Å²) < 4.78 is 0.166. The number of carbonyl (C=O) groups is 2. The van der Waals surface area contributed by atoms with E-state index in [9.17, 15) is 9.59 Å². The van der Waals surface area contributed by atoms with Gasteiger partial charge in [0.1, 0.15) is 6.04 Å². The van der Waals surface area contributed by atoms with Crippen LogP contribution in [0.25, 0.3) is 0 Å². The summed E-state index contributed by atoms with van der Waals surface area (Å²) in [7, 11) is 0. The Bertz CT molecular complexity index is 340. The van der Waals surface area contributed by atoms with Crippen molar-refractivity contribution in [3.05, 3.63) is 0 Å². The van der Waals surface area contributed by atoms with E-state index in [2.05, 4.69) is 11.6 Å². The van der Waals surface area contributed by atoms with E-state index in [1.807, 2.05) is 18.7 Å². The van der Waals surface area contributed by atoms with Gasteiger partial charge in [0, 0.05) is 11.3 Å². The number of amides is 2. The van der Waals surface area contributed by atoms with Gasteiger partial charge in [0.05, 0.1) is 6.54 Å². The van der Waals surface area contributed by atoms with Gasteiger partial charge in [0.25, 0.3) is 0 Å². The molecule has 0 aromatic carbocycles. The summed E-state index contributed by atoms with van der Waals surface area (Å²) in [5.74, 6) is 0.0303. The molecule has 0 aromatic rings. The van der Waals surface area contributed by atoms with Crippen LogP contribution in [0.5, 0.6) is 0 Å². The molecule has 1 aliphatic carbocycles. The largest absolute Gasteiger partial charge is 0.345 e. The molecule has 2 aliphatic rings. The molecule has 1 saturated heterocycles. The van der Waals surface area contributed by atoms with E-state index in [1.54, 1.807) is 4.90 Å². The zero-order valence-corrected chi connectivity index (χ0v) is 12.0. The van der Waals surface area contributed by atoms with E-state index in [0.29, 0.717) is 0 Å². The highest BCUT2D eigenvalue weighted by Crippen LogP contribution is 2.39. The highest BCUT2D eigenvalue weighted by Gasteiger charge is 2.39. The molecule has 1 saturated carbocycles. The maximum Gasteiger partial charge on any atom is 0.242 e. The Balaban J connectivity index is 2.09. The Morgan fingerprint density at radius 1 is 1.33 bits per heavy atom. The first kappa shape index (κ1) is 13.7. The lowest BCUT2D eigenvalue weighted by atomic mass is 9.87. The topological polar surface area (TPSA) is 49.4 Å². The third-order valence-corrected chi connectivity index (χ3v) is 5.64. The molecule has 1 N–H and O–H groups in total. The minimum atomic E-state index is -0.322. The van der Waals surface area contributed by atoms with Crippen LogP contribution >= 0.6 is 11.8 Å². The number of hydrogen-bond acceptors (Lipinski definition) is 3. The number of rotatable bonds is 3. The molecule has 5 heteroatoms. The number of carbonyl (C=O) groups excluding carboxylic acids is 2. The fourth-order valence-electron chi connectivity index (χ4n) is 2.93. The molecule has 2 rings (SSSR count). The molecular formula is C13H22N2O2S. The van der Waals surface area contributed by atoms with Crippen molar-refractivity contribution in [1.29, 1.82) is 0 Å². The van der Waals surface area contributed by atoms with Crippen LogP contribution < -0.4 is 5.32 Å². The van der Waals surface area contributed by atoms with E-state index in [4.69, 9.17) is 0 Å². The predicted octanol–water partition coefficient (Wildman–Crippen LogP) is 1.40. The smallest absolute Gasteiger partial charge is 0.242 e. The molecule has 1 atom stereocenters. The van der Waals surface area contributed by atoms with E-state index in [-0.39, 0.29) is 29.1 Å². The van der Waals surface area contributed by atoms with Crippen LogP contribution in [0.15, 0.2) is 0 Å². The zero-order chi connectivity index (χ0) is 13.2. The third kappa shape index (κ3) is 2.66. The van der Waals surface area contributed by atoms with Gasteiger partial charge in [-0.05, 0) is 26.0 Å². The first-order chi connectivity index (χ1) is 8.58. The van der Waals surface area contributed by atoms with Crippen molar-refractivity contribution < 1.29 is 9.59 Å². The standard InChI is InChI=1S/C13H22N2O2S/c1-10-12(17)14-8-11(16)15(10)9-13(18-2)6-4-3-5-7-13/h10H,3-9H2,1-2H3,(H,14,17). The van der Waals surface area contributed by atoms with Gasteiger partial charge in [-0.3, -0.25) is 9.59 Å². The lowest BCUT2D eigenvalue weighted by molar-refractivity contribution is -0.145. The monoisotopic (exact) mass is 270 g/mol. The van der Waals surface area contributed by atoms with E-state index >= 15 is 0 Å². The Labute approximate surface area is 113 Å². The molecule has 0 aromatic heterocycles. The first-order valence-electron chi connectivity index (χ1n) is 6.70. The summed E-state index contributed by atoms with van der Waals surface area (Å²) in [6.07, 6.45) is 8.22. The highest BCUT2D eigenvalue weighted by molar-refractivity contribution is 8.00. The van der Waals surface area contributed by atoms with Crippen molar-refractivity contribution in [3.8, 4) is 0 Å². The SMILES string of the molecule is CSC1(CN2C(=O)CNC(=O)C2C)CCCCC1. The molecule has 2 fully saturated rings. The maximum absolute atomic E-state index is 12.0. The Kier molecular flexibility index (Phi) is 4.20. The molecule has 102 valence electrons. The molecule has 4 nitrogen and oxygen atoms in total. The van der Waals surface area contributed by atoms with Crippen molar-refractivity contribution in [2.24, 2.45) is 0 Å². The van der Waals surface area contributed by atoms with Gasteiger partial charge >= 0.3 is 0 Å². The highest BCUT2D eigenvalue weighted by atomic mass is 32.2. The molecule has 18 heavy (non-hydrogen) atoms. The van der Waals surface area contributed by atoms with Gasteiger partial charge in [0.15, 0.2) is 0 Å². The summed E-state index contributed by atoms with van der Waals surface area (Å²) in [6, 6.07) is -0.322. The van der Waals surface area contributed by atoms with Crippen molar-refractivity contribution in [3.63, 3.8) is 0 Å². The summed E-state index contributed by atoms with van der Waals surface area (Å²) >= 11 is 1.87. The van der Waals surface area contributed by atoms with E-state index < -0.39 is 0 Å². The van der Waals surface area contributed by atoms with Crippen LogP contribution in [0.4, 0.5) is 0 Å². The summed E-state index contributed by atoms with van der Waals surface area (Å²) in [5.41, 5.74) is 0. The summed E-state index contributed by atoms with van der Waals surface area (Å²) in [5, 5.41) is 2.64. The van der Waals surface area contributed by atoms with E-state index in [1.165, 1.54) is 19.3 Å². The van der Waals surface area contributed by atoms with Crippen LogP contribution in [-0.2, 0) is 9.59 Å². The Hall–Kier alpha value is -0.710. The van der Waals surface area contributed by atoms with Gasteiger partial charge in [0.2, 0.25) is 11.8 Å². The second kappa shape index (κ2) is 5.51.